The number of aromatic amines is 1. The van der Waals surface area contributed by atoms with Crippen LogP contribution in [0.15, 0.2) is 16.4 Å². The van der Waals surface area contributed by atoms with E-state index in [-0.39, 0.29) is 11.7 Å². The summed E-state index contributed by atoms with van der Waals surface area (Å²) in [5.41, 5.74) is 0.125. The smallest absolute Gasteiger partial charge is 0.264 e. The summed E-state index contributed by atoms with van der Waals surface area (Å²) in [6.45, 7) is 3.01. The van der Waals surface area contributed by atoms with E-state index in [4.69, 9.17) is 4.74 Å². The first-order chi connectivity index (χ1) is 10.6. The molecule has 1 atom stereocenters. The maximum Gasteiger partial charge on any atom is 0.264 e. The summed E-state index contributed by atoms with van der Waals surface area (Å²) in [6.07, 6.45) is 3.25. The summed E-state index contributed by atoms with van der Waals surface area (Å²) < 4.78 is 5.43. The monoisotopic (exact) mass is 320 g/mol. The Morgan fingerprint density at radius 3 is 3.09 bits per heavy atom. The Labute approximate surface area is 130 Å². The lowest BCUT2D eigenvalue weighted by molar-refractivity contribution is 0.0856. The number of amides is 1. The van der Waals surface area contributed by atoms with E-state index in [1.54, 1.807) is 0 Å². The van der Waals surface area contributed by atoms with Gasteiger partial charge in [-0.1, -0.05) is 0 Å². The first-order valence-corrected chi connectivity index (χ1v) is 7.93. The Kier molecular flexibility index (Phi) is 4.30. The second kappa shape index (κ2) is 6.37. The number of H-pyrrole nitrogens is 1. The number of ether oxygens (including phenoxy) is 1. The molecule has 3 heterocycles. The summed E-state index contributed by atoms with van der Waals surface area (Å²) in [7, 11) is 0. The van der Waals surface area contributed by atoms with Crippen molar-refractivity contribution in [3.05, 3.63) is 32.5 Å². The van der Waals surface area contributed by atoms with Crippen LogP contribution in [-0.2, 0) is 4.74 Å². The number of carbonyl (C=O) groups excluding carboxylic acids is 1. The molecule has 0 bridgehead atoms. The van der Waals surface area contributed by atoms with E-state index in [9.17, 15) is 9.59 Å². The van der Waals surface area contributed by atoms with E-state index in [2.05, 4.69) is 20.3 Å². The predicted molar refractivity (Wildman–Crippen MR) is 82.0 cm³/mol. The number of nitrogens with one attached hydrogen (secondary N) is 2. The van der Waals surface area contributed by atoms with Crippen molar-refractivity contribution in [1.82, 2.24) is 20.3 Å². The zero-order valence-corrected chi connectivity index (χ0v) is 12.9. The van der Waals surface area contributed by atoms with Gasteiger partial charge in [0.1, 0.15) is 11.3 Å². The molecule has 8 heteroatoms. The summed E-state index contributed by atoms with van der Waals surface area (Å²) in [6, 6.07) is 0. The van der Waals surface area contributed by atoms with Crippen molar-refractivity contribution >= 4 is 17.2 Å². The van der Waals surface area contributed by atoms with Crippen molar-refractivity contribution in [2.24, 2.45) is 0 Å². The second-order valence-electron chi connectivity index (χ2n) is 5.07. The number of carbonyl (C=O) groups is 1. The molecule has 0 aliphatic carbocycles. The molecule has 1 amide bonds. The summed E-state index contributed by atoms with van der Waals surface area (Å²) >= 11 is 1.47. The molecule has 1 saturated heterocycles. The molecule has 22 heavy (non-hydrogen) atoms. The average Bonchev–Trinajstić information content (AvgIpc) is 3.16. The van der Waals surface area contributed by atoms with Gasteiger partial charge in [0.05, 0.1) is 11.1 Å². The fourth-order valence-electron chi connectivity index (χ4n) is 2.27. The van der Waals surface area contributed by atoms with Gasteiger partial charge in [0.25, 0.3) is 11.5 Å². The van der Waals surface area contributed by atoms with Crippen LogP contribution < -0.4 is 10.9 Å². The van der Waals surface area contributed by atoms with E-state index < -0.39 is 11.5 Å². The van der Waals surface area contributed by atoms with Crippen LogP contribution in [0, 0.1) is 6.92 Å². The molecule has 1 aliphatic heterocycles. The van der Waals surface area contributed by atoms with Crippen LogP contribution >= 0.6 is 11.3 Å². The average molecular weight is 320 g/mol. The third kappa shape index (κ3) is 3.23. The highest BCUT2D eigenvalue weighted by Crippen LogP contribution is 2.16. The van der Waals surface area contributed by atoms with E-state index in [0.717, 1.165) is 24.5 Å². The first kappa shape index (κ1) is 14.9. The Morgan fingerprint density at radius 1 is 1.59 bits per heavy atom. The molecular formula is C14H16N4O3S. The van der Waals surface area contributed by atoms with Crippen molar-refractivity contribution < 1.29 is 9.53 Å². The Morgan fingerprint density at radius 2 is 2.45 bits per heavy atom. The molecule has 2 aromatic rings. The van der Waals surface area contributed by atoms with Gasteiger partial charge < -0.3 is 15.0 Å². The van der Waals surface area contributed by atoms with Gasteiger partial charge in [-0.3, -0.25) is 9.59 Å². The van der Waals surface area contributed by atoms with Gasteiger partial charge >= 0.3 is 0 Å². The molecule has 116 valence electrons. The number of aryl methyl sites for hydroxylation is 1. The Hall–Kier alpha value is -2.06. The minimum Gasteiger partial charge on any atom is -0.376 e. The maximum absolute atomic E-state index is 12.0. The topological polar surface area (TPSA) is 97.0 Å². The number of hydrogen-bond acceptors (Lipinski definition) is 6. The summed E-state index contributed by atoms with van der Waals surface area (Å²) in [5, 5.41) is 5.40. The molecule has 0 unspecified atom stereocenters. The number of aromatic nitrogens is 3. The maximum atomic E-state index is 12.0. The second-order valence-corrected chi connectivity index (χ2v) is 6.13. The number of rotatable bonds is 4. The van der Waals surface area contributed by atoms with Crippen LogP contribution in [0.5, 0.6) is 0 Å². The number of nitrogens with zero attached hydrogens (tertiary/aromatic N) is 2. The fourth-order valence-corrected chi connectivity index (χ4v) is 2.86. The van der Waals surface area contributed by atoms with Crippen LogP contribution in [0.3, 0.4) is 0 Å². The van der Waals surface area contributed by atoms with Crippen molar-refractivity contribution in [2.75, 3.05) is 13.2 Å². The van der Waals surface area contributed by atoms with Gasteiger partial charge in [-0.15, -0.1) is 11.3 Å². The molecule has 2 aromatic heterocycles. The lowest BCUT2D eigenvalue weighted by atomic mass is 10.2. The van der Waals surface area contributed by atoms with Gasteiger partial charge in [-0.05, 0) is 19.8 Å². The first-order valence-electron chi connectivity index (χ1n) is 7.05. The van der Waals surface area contributed by atoms with E-state index in [1.165, 1.54) is 17.5 Å². The van der Waals surface area contributed by atoms with Gasteiger partial charge in [-0.2, -0.15) is 0 Å². The molecule has 3 rings (SSSR count). The van der Waals surface area contributed by atoms with Crippen molar-refractivity contribution in [1.29, 1.82) is 0 Å². The third-order valence-electron chi connectivity index (χ3n) is 3.42. The van der Waals surface area contributed by atoms with Crippen LogP contribution in [-0.4, -0.2) is 40.1 Å². The minimum absolute atomic E-state index is 0.00583. The van der Waals surface area contributed by atoms with E-state index in [1.807, 2.05) is 12.3 Å². The highest BCUT2D eigenvalue weighted by Gasteiger charge is 2.18. The van der Waals surface area contributed by atoms with Gasteiger partial charge in [0.2, 0.25) is 0 Å². The molecule has 0 radical (unpaired) electrons. The summed E-state index contributed by atoms with van der Waals surface area (Å²) in [4.78, 5) is 35.1. The highest BCUT2D eigenvalue weighted by molar-refractivity contribution is 7.09. The molecule has 1 aliphatic rings. The quantitative estimate of drug-likeness (QED) is 0.879. The predicted octanol–water partition coefficient (Wildman–Crippen LogP) is 1.11. The van der Waals surface area contributed by atoms with Gasteiger partial charge in [0.15, 0.2) is 5.82 Å². The normalized spacial score (nSPS) is 17.6. The molecule has 2 N–H and O–H groups in total. The lowest BCUT2D eigenvalue weighted by Gasteiger charge is -2.10. The zero-order chi connectivity index (χ0) is 15.5. The zero-order valence-electron chi connectivity index (χ0n) is 12.1. The van der Waals surface area contributed by atoms with Crippen molar-refractivity contribution in [2.45, 2.75) is 25.9 Å². The third-order valence-corrected chi connectivity index (χ3v) is 4.19. The number of thiazole rings is 1. The van der Waals surface area contributed by atoms with Crippen LogP contribution in [0.2, 0.25) is 0 Å². The highest BCUT2D eigenvalue weighted by atomic mass is 32.1. The molecule has 0 saturated carbocycles. The molecule has 0 aromatic carbocycles. The molecule has 1 fully saturated rings. The Balaban J connectivity index is 1.71. The molecular weight excluding hydrogens is 304 g/mol. The Bertz CT molecular complexity index is 734. The standard InChI is InChI=1S/C14H16N4O3S/c1-8-17-11(7-22-8)12-15-6-10(14(20)18-12)13(19)16-5-9-3-2-4-21-9/h6-7,9H,2-5H2,1H3,(H,16,19)(H,15,18,20)/t9-/m1/s1. The van der Waals surface area contributed by atoms with Crippen LogP contribution in [0.1, 0.15) is 28.2 Å². The summed E-state index contributed by atoms with van der Waals surface area (Å²) in [5.74, 6) is -0.0738. The van der Waals surface area contributed by atoms with E-state index in [0.29, 0.717) is 18.1 Å². The van der Waals surface area contributed by atoms with Crippen molar-refractivity contribution in [3.63, 3.8) is 0 Å². The van der Waals surface area contributed by atoms with Crippen LogP contribution in [0.4, 0.5) is 0 Å². The largest absolute Gasteiger partial charge is 0.376 e. The van der Waals surface area contributed by atoms with Gasteiger partial charge in [-0.25, -0.2) is 9.97 Å². The van der Waals surface area contributed by atoms with E-state index >= 15 is 0 Å². The number of hydrogen-bond donors (Lipinski definition) is 2. The van der Waals surface area contributed by atoms with Crippen LogP contribution in [0.25, 0.3) is 11.5 Å². The molecule has 0 spiro atoms. The van der Waals surface area contributed by atoms with Crippen molar-refractivity contribution in [3.8, 4) is 11.5 Å². The SMILES string of the molecule is Cc1nc(-c2ncc(C(=O)NC[C@H]3CCCO3)c(=O)[nH]2)cs1. The lowest BCUT2D eigenvalue weighted by Crippen LogP contribution is -2.35. The minimum atomic E-state index is -0.472. The fraction of sp³-hybridized carbons (Fsp3) is 0.429. The molecule has 7 nitrogen and oxygen atoms in total. The van der Waals surface area contributed by atoms with Gasteiger partial charge in [0, 0.05) is 24.7 Å².